The maximum absolute atomic E-state index is 13.8. The van der Waals surface area contributed by atoms with Crippen molar-refractivity contribution in [1.82, 2.24) is 0 Å². The van der Waals surface area contributed by atoms with Crippen molar-refractivity contribution in [1.29, 1.82) is 0 Å². The van der Waals surface area contributed by atoms with Crippen LogP contribution in [0.5, 0.6) is 0 Å². The molecule has 216 valence electrons. The lowest BCUT2D eigenvalue weighted by molar-refractivity contribution is 0.0975. The van der Waals surface area contributed by atoms with Gasteiger partial charge in [0.05, 0.1) is 20.7 Å². The predicted octanol–water partition coefficient (Wildman–Crippen LogP) is 8.81. The number of benzene rings is 2. The number of Topliss-reactive ketones (excluding diaryl/α,β-unsaturated/α-hetero) is 4. The highest BCUT2D eigenvalue weighted by Gasteiger charge is 2.42. The first-order valence-electron chi connectivity index (χ1n) is 13.2. The number of allylic oxidation sites excluding steroid dienone is 2. The van der Waals surface area contributed by atoms with Gasteiger partial charge in [-0.3, -0.25) is 19.2 Å². The Kier molecular flexibility index (Phi) is 5.49. The van der Waals surface area contributed by atoms with Crippen LogP contribution in [0.15, 0.2) is 47.5 Å². The average Bonchev–Trinajstić information content (AvgIpc) is 3.76. The van der Waals surface area contributed by atoms with Crippen molar-refractivity contribution in [2.24, 2.45) is 0 Å². The third kappa shape index (κ3) is 3.54. The number of carbonyl (C=O) groups is 4. The third-order valence-electron chi connectivity index (χ3n) is 8.29. The molecule has 0 radical (unpaired) electrons. The van der Waals surface area contributed by atoms with Crippen molar-refractivity contribution >= 4 is 78.7 Å². The van der Waals surface area contributed by atoms with Crippen LogP contribution < -0.4 is 0 Å². The molecule has 3 heterocycles. The first-order valence-corrected chi connectivity index (χ1v) is 15.6. The van der Waals surface area contributed by atoms with Gasteiger partial charge in [0.25, 0.3) is 0 Å². The summed E-state index contributed by atoms with van der Waals surface area (Å²) < 4.78 is 56.9. The van der Waals surface area contributed by atoms with Gasteiger partial charge in [0, 0.05) is 47.0 Å². The summed E-state index contributed by atoms with van der Waals surface area (Å²) in [6.45, 7) is 4.12. The summed E-state index contributed by atoms with van der Waals surface area (Å²) in [5.74, 6) is -7.34. The number of fused-ring (bicyclic) bond motifs is 7. The lowest BCUT2D eigenvalue weighted by Crippen LogP contribution is -2.13. The molecule has 5 aromatic rings. The SMILES string of the molecule is CC1(C)c2cc(C=C3C(=O)c4cc(F)c(F)cc4C3=O)sc2-c2sc3cc(C=C4C(=O)c5cc(F)c(F)cc5C4=O)sc3c21. The molecule has 8 rings (SSSR count). The number of halogens is 4. The van der Waals surface area contributed by atoms with Crippen LogP contribution in [-0.4, -0.2) is 23.1 Å². The van der Waals surface area contributed by atoms with Crippen LogP contribution in [0.3, 0.4) is 0 Å². The first-order chi connectivity index (χ1) is 20.8. The van der Waals surface area contributed by atoms with Crippen LogP contribution in [-0.2, 0) is 5.41 Å². The van der Waals surface area contributed by atoms with Gasteiger partial charge < -0.3 is 0 Å². The lowest BCUT2D eigenvalue weighted by atomic mass is 9.84. The van der Waals surface area contributed by atoms with E-state index >= 15 is 0 Å². The fourth-order valence-corrected chi connectivity index (χ4v) is 10.5. The van der Waals surface area contributed by atoms with E-state index in [1.807, 2.05) is 12.1 Å². The number of ketones is 4. The molecule has 0 unspecified atom stereocenters. The smallest absolute Gasteiger partial charge is 0.197 e. The highest BCUT2D eigenvalue weighted by molar-refractivity contribution is 7.32. The maximum Gasteiger partial charge on any atom is 0.197 e. The molecule has 0 atom stereocenters. The summed E-state index contributed by atoms with van der Waals surface area (Å²) in [5, 5.41) is 0. The Morgan fingerprint density at radius 3 is 1.45 bits per heavy atom. The van der Waals surface area contributed by atoms with Crippen molar-refractivity contribution in [2.75, 3.05) is 0 Å². The first kappa shape index (κ1) is 27.2. The Bertz CT molecular complexity index is 2240. The van der Waals surface area contributed by atoms with Gasteiger partial charge in [-0.1, -0.05) is 13.8 Å². The number of hydrogen-bond donors (Lipinski definition) is 0. The zero-order chi connectivity index (χ0) is 31.0. The monoisotopic (exact) mass is 646 g/mol. The molecule has 0 N–H and O–H groups in total. The number of carbonyl (C=O) groups excluding carboxylic acids is 4. The topological polar surface area (TPSA) is 68.3 Å². The predicted molar refractivity (Wildman–Crippen MR) is 161 cm³/mol. The minimum atomic E-state index is -1.19. The lowest BCUT2D eigenvalue weighted by Gasteiger charge is -2.19. The Labute approximate surface area is 257 Å². The molecule has 0 spiro atoms. The van der Waals surface area contributed by atoms with Crippen LogP contribution in [0.2, 0.25) is 0 Å². The highest BCUT2D eigenvalue weighted by atomic mass is 32.1. The van der Waals surface area contributed by atoms with Crippen molar-refractivity contribution in [2.45, 2.75) is 19.3 Å². The molecular weight excluding hydrogens is 633 g/mol. The van der Waals surface area contributed by atoms with Gasteiger partial charge in [-0.25, -0.2) is 17.6 Å². The molecule has 0 aliphatic heterocycles. The van der Waals surface area contributed by atoms with Crippen molar-refractivity contribution in [3.05, 3.63) is 114 Å². The van der Waals surface area contributed by atoms with Crippen LogP contribution in [0, 0.1) is 23.3 Å². The van der Waals surface area contributed by atoms with Crippen molar-refractivity contribution in [3.63, 3.8) is 0 Å². The molecule has 3 aliphatic rings. The molecule has 4 nitrogen and oxygen atoms in total. The van der Waals surface area contributed by atoms with Gasteiger partial charge in [0.2, 0.25) is 0 Å². The number of thiophene rings is 3. The molecule has 3 aromatic heterocycles. The largest absolute Gasteiger partial charge is 0.288 e. The molecule has 44 heavy (non-hydrogen) atoms. The molecule has 3 aliphatic carbocycles. The fraction of sp³-hybridized carbons (Fsp3) is 0.0909. The van der Waals surface area contributed by atoms with Gasteiger partial charge in [-0.15, -0.1) is 34.0 Å². The quantitative estimate of drug-likeness (QED) is 0.109. The highest BCUT2D eigenvalue weighted by Crippen LogP contribution is 2.59. The van der Waals surface area contributed by atoms with Crippen LogP contribution in [0.4, 0.5) is 17.6 Å². The standard InChI is InChI=1S/C33H14F4O4S3/c1-33(2)19-5-11(3-17-26(38)13-7-20(34)21(35)8-14(13)27(17)39)42-30(19)32-25(33)31-24(44-32)6-12(43-31)4-18-28(40)15-9-22(36)23(37)10-16(15)29(18)41/h3-10H,1-2H3. The molecule has 0 bridgehead atoms. The molecule has 0 fully saturated rings. The molecule has 2 aromatic carbocycles. The van der Waals surface area contributed by atoms with E-state index in [1.165, 1.54) is 46.2 Å². The second kappa shape index (κ2) is 8.87. The zero-order valence-corrected chi connectivity index (χ0v) is 24.9. The fourth-order valence-electron chi connectivity index (χ4n) is 6.13. The van der Waals surface area contributed by atoms with E-state index in [1.54, 1.807) is 0 Å². The Morgan fingerprint density at radius 1 is 0.568 bits per heavy atom. The number of rotatable bonds is 2. The summed E-state index contributed by atoms with van der Waals surface area (Å²) in [6, 6.07) is 6.82. The van der Waals surface area contributed by atoms with E-state index < -0.39 is 51.8 Å². The Balaban J connectivity index is 1.16. The van der Waals surface area contributed by atoms with Crippen LogP contribution in [0.1, 0.15) is 76.2 Å². The summed E-state index contributed by atoms with van der Waals surface area (Å²) in [5.41, 5.74) is 0.718. The second-order valence-electron chi connectivity index (χ2n) is 11.2. The van der Waals surface area contributed by atoms with Crippen molar-refractivity contribution in [3.8, 4) is 9.75 Å². The minimum absolute atomic E-state index is 0.142. The van der Waals surface area contributed by atoms with E-state index in [0.29, 0.717) is 9.75 Å². The van der Waals surface area contributed by atoms with Crippen LogP contribution >= 0.6 is 34.0 Å². The van der Waals surface area contributed by atoms with E-state index in [9.17, 15) is 36.7 Å². The van der Waals surface area contributed by atoms with E-state index in [-0.39, 0.29) is 33.4 Å². The van der Waals surface area contributed by atoms with Gasteiger partial charge in [-0.2, -0.15) is 0 Å². The molecular formula is C33H14F4O4S3. The van der Waals surface area contributed by atoms with E-state index in [4.69, 9.17) is 0 Å². The van der Waals surface area contributed by atoms with E-state index in [2.05, 4.69) is 13.8 Å². The normalized spacial score (nSPS) is 16.2. The Hall–Kier alpha value is -4.32. The molecule has 0 saturated carbocycles. The van der Waals surface area contributed by atoms with Gasteiger partial charge >= 0.3 is 0 Å². The molecule has 0 saturated heterocycles. The average molecular weight is 647 g/mol. The summed E-state index contributed by atoms with van der Waals surface area (Å²) in [7, 11) is 0. The van der Waals surface area contributed by atoms with Gasteiger partial charge in [-0.05, 0) is 59.7 Å². The number of hydrogen-bond acceptors (Lipinski definition) is 7. The minimum Gasteiger partial charge on any atom is -0.288 e. The summed E-state index contributed by atoms with van der Waals surface area (Å²) >= 11 is 4.36. The summed E-state index contributed by atoms with van der Waals surface area (Å²) in [6.07, 6.45) is 2.95. The molecule has 11 heteroatoms. The molecule has 0 amide bonds. The maximum atomic E-state index is 13.8. The van der Waals surface area contributed by atoms with Gasteiger partial charge in [0.15, 0.2) is 46.4 Å². The van der Waals surface area contributed by atoms with Crippen molar-refractivity contribution < 1.29 is 36.7 Å². The summed E-state index contributed by atoms with van der Waals surface area (Å²) in [4.78, 5) is 54.9. The van der Waals surface area contributed by atoms with Gasteiger partial charge in [0.1, 0.15) is 0 Å². The second-order valence-corrected chi connectivity index (χ2v) is 14.4. The third-order valence-corrected chi connectivity index (χ3v) is 11.9. The zero-order valence-electron chi connectivity index (χ0n) is 22.5. The Morgan fingerprint density at radius 2 is 1.00 bits per heavy atom. The van der Waals surface area contributed by atoms with E-state index in [0.717, 1.165) is 54.5 Å². The van der Waals surface area contributed by atoms with Crippen LogP contribution in [0.25, 0.3) is 31.3 Å².